The summed E-state index contributed by atoms with van der Waals surface area (Å²) in [5, 5.41) is 0. The van der Waals surface area contributed by atoms with Crippen molar-refractivity contribution in [1.82, 2.24) is 9.80 Å². The second kappa shape index (κ2) is 4.64. The van der Waals surface area contributed by atoms with Gasteiger partial charge < -0.3 is 0 Å². The van der Waals surface area contributed by atoms with E-state index in [1.54, 1.807) is 0 Å². The molecule has 1 rings (SSSR count). The van der Waals surface area contributed by atoms with E-state index in [1.807, 2.05) is 0 Å². The largest absolute Gasteiger partial charge is 0.296 e. The Labute approximate surface area is 100 Å². The first-order chi connectivity index (χ1) is 6.77. The average molecular weight is 230 g/mol. The van der Waals surface area contributed by atoms with Crippen molar-refractivity contribution >= 4 is 12.6 Å². The maximum absolute atomic E-state index is 4.44. The molecule has 0 aromatic heterocycles. The highest BCUT2D eigenvalue weighted by Crippen LogP contribution is 2.21. The minimum atomic E-state index is 0.243. The van der Waals surface area contributed by atoms with E-state index in [2.05, 4.69) is 57.0 Å². The van der Waals surface area contributed by atoms with E-state index < -0.39 is 0 Å². The predicted molar refractivity (Wildman–Crippen MR) is 70.8 cm³/mol. The van der Waals surface area contributed by atoms with E-state index in [-0.39, 0.29) is 5.54 Å². The molecule has 0 unspecified atom stereocenters. The number of thiol groups is 1. The van der Waals surface area contributed by atoms with E-state index in [0.29, 0.717) is 5.54 Å². The molecule has 0 aromatic rings. The molecule has 15 heavy (non-hydrogen) atoms. The van der Waals surface area contributed by atoms with Crippen molar-refractivity contribution in [2.75, 3.05) is 31.9 Å². The third kappa shape index (κ3) is 3.36. The maximum Gasteiger partial charge on any atom is 0.0242 e. The molecule has 2 nitrogen and oxygen atoms in total. The average Bonchev–Trinajstić information content (AvgIpc) is 2.17. The zero-order chi connectivity index (χ0) is 11.7. The van der Waals surface area contributed by atoms with Crippen LogP contribution in [0.1, 0.15) is 34.6 Å². The third-order valence-electron chi connectivity index (χ3n) is 3.47. The van der Waals surface area contributed by atoms with Crippen LogP contribution in [0, 0.1) is 0 Å². The Morgan fingerprint density at radius 1 is 0.867 bits per heavy atom. The van der Waals surface area contributed by atoms with Crippen molar-refractivity contribution in [3.8, 4) is 0 Å². The van der Waals surface area contributed by atoms with Crippen LogP contribution in [0.15, 0.2) is 0 Å². The highest BCUT2D eigenvalue weighted by atomic mass is 32.1. The van der Waals surface area contributed by atoms with Crippen LogP contribution in [-0.4, -0.2) is 52.8 Å². The second-order valence-corrected chi connectivity index (χ2v) is 6.43. The first kappa shape index (κ1) is 13.3. The lowest BCUT2D eigenvalue weighted by molar-refractivity contribution is 0.0228. The minimum Gasteiger partial charge on any atom is -0.296 e. The van der Waals surface area contributed by atoms with Crippen molar-refractivity contribution in [1.29, 1.82) is 0 Å². The summed E-state index contributed by atoms with van der Waals surface area (Å²) >= 11 is 4.44. The van der Waals surface area contributed by atoms with Gasteiger partial charge in [0.15, 0.2) is 0 Å². The van der Waals surface area contributed by atoms with E-state index >= 15 is 0 Å². The van der Waals surface area contributed by atoms with Gasteiger partial charge >= 0.3 is 0 Å². The quantitative estimate of drug-likeness (QED) is 0.726. The van der Waals surface area contributed by atoms with E-state index in [4.69, 9.17) is 0 Å². The molecule has 0 radical (unpaired) electrons. The molecule has 3 heteroatoms. The summed E-state index contributed by atoms with van der Waals surface area (Å²) in [6.07, 6.45) is 0. The van der Waals surface area contributed by atoms with E-state index in [0.717, 1.165) is 5.75 Å². The van der Waals surface area contributed by atoms with Gasteiger partial charge in [0.1, 0.15) is 0 Å². The lowest BCUT2D eigenvalue weighted by Gasteiger charge is -2.47. The molecule has 1 fully saturated rings. The van der Waals surface area contributed by atoms with Crippen molar-refractivity contribution in [3.63, 3.8) is 0 Å². The van der Waals surface area contributed by atoms with Gasteiger partial charge in [-0.2, -0.15) is 12.6 Å². The summed E-state index contributed by atoms with van der Waals surface area (Å²) in [4.78, 5) is 5.13. The summed E-state index contributed by atoms with van der Waals surface area (Å²) in [5.41, 5.74) is 0.560. The molecule has 0 saturated carbocycles. The van der Waals surface area contributed by atoms with Gasteiger partial charge in [0.2, 0.25) is 0 Å². The van der Waals surface area contributed by atoms with Crippen LogP contribution in [0.3, 0.4) is 0 Å². The lowest BCUT2D eigenvalue weighted by atomic mass is 10.0. The van der Waals surface area contributed by atoms with Crippen LogP contribution < -0.4 is 0 Å². The molecular weight excluding hydrogens is 204 g/mol. The van der Waals surface area contributed by atoms with Gasteiger partial charge in [0.05, 0.1) is 0 Å². The molecule has 0 amide bonds. The Balaban J connectivity index is 2.50. The molecule has 0 N–H and O–H groups in total. The Bertz CT molecular complexity index is 200. The topological polar surface area (TPSA) is 6.48 Å². The van der Waals surface area contributed by atoms with Gasteiger partial charge in [-0.3, -0.25) is 9.80 Å². The molecule has 0 aromatic carbocycles. The van der Waals surface area contributed by atoms with Gasteiger partial charge in [-0.05, 0) is 34.6 Å². The first-order valence-electron chi connectivity index (χ1n) is 5.88. The first-order valence-corrected chi connectivity index (χ1v) is 6.51. The second-order valence-electron chi connectivity index (χ2n) is 6.12. The molecular formula is C12H26N2S. The molecule has 1 saturated heterocycles. The molecule has 0 aliphatic carbocycles. The lowest BCUT2D eigenvalue weighted by Crippen LogP contribution is -2.58. The zero-order valence-electron chi connectivity index (χ0n) is 10.9. The molecule has 0 atom stereocenters. The fraction of sp³-hybridized carbons (Fsp3) is 1.00. The molecule has 90 valence electrons. The van der Waals surface area contributed by atoms with Crippen molar-refractivity contribution in [2.45, 2.75) is 45.7 Å². The van der Waals surface area contributed by atoms with Crippen LogP contribution in [0.4, 0.5) is 0 Å². The number of hydrogen-bond acceptors (Lipinski definition) is 3. The maximum atomic E-state index is 4.44. The van der Waals surface area contributed by atoms with Gasteiger partial charge in [0, 0.05) is 43.0 Å². The molecule has 1 heterocycles. The number of piperazine rings is 1. The van der Waals surface area contributed by atoms with Crippen LogP contribution >= 0.6 is 12.6 Å². The Kier molecular flexibility index (Phi) is 4.13. The highest BCUT2D eigenvalue weighted by molar-refractivity contribution is 7.80. The standard InChI is InChI=1S/C12H26N2S/c1-11(2,3)13-6-8-14(9-7-13)12(4,5)10-15/h15H,6-10H2,1-5H3. The Morgan fingerprint density at radius 2 is 1.27 bits per heavy atom. The molecule has 1 aliphatic heterocycles. The summed E-state index contributed by atoms with van der Waals surface area (Å²) in [6.45, 7) is 16.2. The van der Waals surface area contributed by atoms with E-state index in [1.165, 1.54) is 26.2 Å². The number of rotatable bonds is 2. The molecule has 1 aliphatic rings. The smallest absolute Gasteiger partial charge is 0.0242 e. The molecule has 0 spiro atoms. The fourth-order valence-electron chi connectivity index (χ4n) is 2.08. The van der Waals surface area contributed by atoms with Crippen molar-refractivity contribution in [3.05, 3.63) is 0 Å². The normalized spacial score (nSPS) is 22.0. The van der Waals surface area contributed by atoms with Gasteiger partial charge in [0.25, 0.3) is 0 Å². The monoisotopic (exact) mass is 230 g/mol. The van der Waals surface area contributed by atoms with Gasteiger partial charge in [-0.1, -0.05) is 0 Å². The van der Waals surface area contributed by atoms with E-state index in [9.17, 15) is 0 Å². The van der Waals surface area contributed by atoms with Crippen LogP contribution in [-0.2, 0) is 0 Å². The van der Waals surface area contributed by atoms with Gasteiger partial charge in [-0.15, -0.1) is 0 Å². The predicted octanol–water partition coefficient (Wildman–Crippen LogP) is 2.11. The fourth-order valence-corrected chi connectivity index (χ4v) is 2.28. The van der Waals surface area contributed by atoms with Crippen LogP contribution in [0.2, 0.25) is 0 Å². The number of hydrogen-bond donors (Lipinski definition) is 1. The summed E-state index contributed by atoms with van der Waals surface area (Å²) < 4.78 is 0. The van der Waals surface area contributed by atoms with Crippen LogP contribution in [0.25, 0.3) is 0 Å². The third-order valence-corrected chi connectivity index (χ3v) is 4.25. The van der Waals surface area contributed by atoms with Crippen LogP contribution in [0.5, 0.6) is 0 Å². The Morgan fingerprint density at radius 3 is 1.60 bits per heavy atom. The highest BCUT2D eigenvalue weighted by Gasteiger charge is 2.31. The number of nitrogens with zero attached hydrogens (tertiary/aromatic N) is 2. The van der Waals surface area contributed by atoms with Crippen molar-refractivity contribution < 1.29 is 0 Å². The molecule has 0 bridgehead atoms. The summed E-state index contributed by atoms with van der Waals surface area (Å²) in [5.74, 6) is 0.933. The zero-order valence-corrected chi connectivity index (χ0v) is 11.8. The van der Waals surface area contributed by atoms with Gasteiger partial charge in [-0.25, -0.2) is 0 Å². The minimum absolute atomic E-state index is 0.243. The summed E-state index contributed by atoms with van der Waals surface area (Å²) in [7, 11) is 0. The Hall–Kier alpha value is 0.270. The summed E-state index contributed by atoms with van der Waals surface area (Å²) in [6, 6.07) is 0. The van der Waals surface area contributed by atoms with Crippen molar-refractivity contribution in [2.24, 2.45) is 0 Å². The SMILES string of the molecule is CC(C)(C)N1CCN(C(C)(C)CS)CC1.